The highest BCUT2D eigenvalue weighted by Gasteiger charge is 2.15. The molecule has 4 heteroatoms. The Morgan fingerprint density at radius 1 is 1.05 bits per heavy atom. The second-order valence-corrected chi connectivity index (χ2v) is 5.63. The zero-order valence-electron chi connectivity index (χ0n) is 12.9. The van der Waals surface area contributed by atoms with Crippen LogP contribution < -0.4 is 4.57 Å². The Morgan fingerprint density at radius 3 is 2.57 bits per heavy atom. The molecule has 0 amide bonds. The van der Waals surface area contributed by atoms with E-state index in [1.54, 1.807) is 6.26 Å². The summed E-state index contributed by atoms with van der Waals surface area (Å²) in [5.41, 5.74) is 1.02. The predicted octanol–water partition coefficient (Wildman–Crippen LogP) is 3.89. The van der Waals surface area contributed by atoms with Crippen LogP contribution in [0.3, 0.4) is 0 Å². The summed E-state index contributed by atoms with van der Waals surface area (Å²) in [6, 6.07) is 6.20. The largest absolute Gasteiger partial charge is 0.345 e. The third kappa shape index (κ3) is 5.66. The lowest BCUT2D eigenvalue weighted by Gasteiger charge is -2.12. The molecule has 2 rings (SSSR count). The molecule has 0 aliphatic carbocycles. The van der Waals surface area contributed by atoms with Crippen molar-refractivity contribution in [3.8, 4) is 0 Å². The van der Waals surface area contributed by atoms with E-state index < -0.39 is 0 Å². The van der Waals surface area contributed by atoms with Crippen LogP contribution in [0.15, 0.2) is 41.4 Å². The van der Waals surface area contributed by atoms with Gasteiger partial charge in [0.2, 0.25) is 0 Å². The van der Waals surface area contributed by atoms with Crippen LogP contribution in [-0.2, 0) is 6.54 Å². The maximum absolute atomic E-state index is 4.92. The first-order valence-electron chi connectivity index (χ1n) is 8.11. The number of unbranched alkanes of at least 4 members (excludes halogenated alkanes) is 3. The van der Waals surface area contributed by atoms with Gasteiger partial charge >= 0.3 is 0 Å². The number of aryl methyl sites for hydroxylation is 1. The molecule has 0 saturated carbocycles. The minimum atomic E-state index is 0.484. The van der Waals surface area contributed by atoms with Crippen LogP contribution in [0.5, 0.6) is 0 Å². The van der Waals surface area contributed by atoms with Crippen molar-refractivity contribution in [2.75, 3.05) is 0 Å². The molecule has 114 valence electrons. The van der Waals surface area contributed by atoms with E-state index in [1.165, 1.54) is 32.1 Å². The van der Waals surface area contributed by atoms with E-state index in [9.17, 15) is 0 Å². The standard InChI is InChI=1S/C17H26N3O/c1-2-3-4-6-10-16(17-15-21-19-18-17)11-9-14-20-12-7-5-8-13-20/h5,7-8,12-13,15-16H,2-4,6,9-11,14H2,1H3/q+1. The lowest BCUT2D eigenvalue weighted by molar-refractivity contribution is -0.697. The van der Waals surface area contributed by atoms with Gasteiger partial charge in [0.25, 0.3) is 0 Å². The SMILES string of the molecule is CCCCCCC(CCC[n+]1ccccc1)c1conn1. The van der Waals surface area contributed by atoms with Crippen LogP contribution in [0.1, 0.15) is 63.5 Å². The monoisotopic (exact) mass is 288 g/mol. The fourth-order valence-electron chi connectivity index (χ4n) is 2.71. The fraction of sp³-hybridized carbons (Fsp3) is 0.588. The van der Waals surface area contributed by atoms with E-state index in [4.69, 9.17) is 4.52 Å². The summed E-state index contributed by atoms with van der Waals surface area (Å²) in [7, 11) is 0. The summed E-state index contributed by atoms with van der Waals surface area (Å²) in [5, 5.41) is 7.74. The molecule has 1 atom stereocenters. The summed E-state index contributed by atoms with van der Waals surface area (Å²) >= 11 is 0. The van der Waals surface area contributed by atoms with Gasteiger partial charge in [0.15, 0.2) is 12.4 Å². The number of hydrogen-bond acceptors (Lipinski definition) is 3. The molecule has 0 aliphatic heterocycles. The van der Waals surface area contributed by atoms with Gasteiger partial charge in [-0.15, -0.1) is 5.10 Å². The second kappa shape index (κ2) is 9.27. The normalized spacial score (nSPS) is 12.4. The predicted molar refractivity (Wildman–Crippen MR) is 81.7 cm³/mol. The van der Waals surface area contributed by atoms with Crippen LogP contribution in [0.25, 0.3) is 0 Å². The lowest BCUT2D eigenvalue weighted by Crippen LogP contribution is -2.32. The molecular formula is C17H26N3O+. The van der Waals surface area contributed by atoms with Crippen molar-refractivity contribution in [3.63, 3.8) is 0 Å². The van der Waals surface area contributed by atoms with Gasteiger partial charge < -0.3 is 4.52 Å². The molecule has 0 aromatic carbocycles. The summed E-state index contributed by atoms with van der Waals surface area (Å²) in [6.45, 7) is 3.30. The van der Waals surface area contributed by atoms with Crippen molar-refractivity contribution in [3.05, 3.63) is 42.5 Å². The van der Waals surface area contributed by atoms with Crippen molar-refractivity contribution in [2.24, 2.45) is 0 Å². The van der Waals surface area contributed by atoms with Gasteiger partial charge in [0.1, 0.15) is 18.5 Å². The number of hydrogen-bond donors (Lipinski definition) is 0. The summed E-state index contributed by atoms with van der Waals surface area (Å²) in [4.78, 5) is 0. The topological polar surface area (TPSA) is 42.8 Å². The van der Waals surface area contributed by atoms with Crippen LogP contribution in [-0.4, -0.2) is 10.4 Å². The van der Waals surface area contributed by atoms with Crippen molar-refractivity contribution in [2.45, 2.75) is 64.3 Å². The molecule has 0 N–H and O–H groups in total. The highest BCUT2D eigenvalue weighted by atomic mass is 16.5. The van der Waals surface area contributed by atoms with Crippen LogP contribution in [0, 0.1) is 0 Å². The molecule has 2 aromatic heterocycles. The van der Waals surface area contributed by atoms with Gasteiger partial charge in [-0.2, -0.15) is 0 Å². The molecule has 0 fully saturated rings. The van der Waals surface area contributed by atoms with Crippen molar-refractivity contribution < 1.29 is 9.09 Å². The first kappa shape index (κ1) is 15.7. The van der Waals surface area contributed by atoms with E-state index in [1.807, 2.05) is 6.07 Å². The van der Waals surface area contributed by atoms with Gasteiger partial charge in [-0.1, -0.05) is 38.7 Å². The van der Waals surface area contributed by atoms with Crippen LogP contribution in [0.4, 0.5) is 0 Å². The van der Waals surface area contributed by atoms with E-state index in [0.29, 0.717) is 5.92 Å². The molecule has 0 bridgehead atoms. The summed E-state index contributed by atoms with van der Waals surface area (Å²) in [6.07, 6.45) is 14.6. The lowest BCUT2D eigenvalue weighted by atomic mass is 9.93. The Bertz CT molecular complexity index is 470. The average Bonchev–Trinajstić information content (AvgIpc) is 3.05. The molecule has 2 aromatic rings. The number of nitrogens with zero attached hydrogens (tertiary/aromatic N) is 3. The molecule has 21 heavy (non-hydrogen) atoms. The number of aromatic nitrogens is 3. The van der Waals surface area contributed by atoms with E-state index in [0.717, 1.165) is 25.1 Å². The molecule has 0 radical (unpaired) electrons. The average molecular weight is 288 g/mol. The number of pyridine rings is 1. The number of rotatable bonds is 10. The minimum Gasteiger partial charge on any atom is -0.345 e. The highest BCUT2D eigenvalue weighted by Crippen LogP contribution is 2.25. The second-order valence-electron chi connectivity index (χ2n) is 5.63. The zero-order valence-corrected chi connectivity index (χ0v) is 12.9. The Balaban J connectivity index is 1.78. The van der Waals surface area contributed by atoms with E-state index in [2.05, 4.69) is 46.4 Å². The van der Waals surface area contributed by atoms with Gasteiger partial charge in [-0.25, -0.2) is 4.57 Å². The summed E-state index contributed by atoms with van der Waals surface area (Å²) < 4.78 is 7.15. The molecular weight excluding hydrogens is 262 g/mol. The Hall–Kier alpha value is -1.71. The quantitative estimate of drug-likeness (QED) is 0.492. The first-order chi connectivity index (χ1) is 10.4. The molecule has 1 unspecified atom stereocenters. The molecule has 0 saturated heterocycles. The maximum atomic E-state index is 4.92. The first-order valence-corrected chi connectivity index (χ1v) is 8.11. The Kier molecular flexibility index (Phi) is 6.92. The Labute approximate surface area is 127 Å². The zero-order chi connectivity index (χ0) is 14.8. The highest BCUT2D eigenvalue weighted by molar-refractivity contribution is 4.98. The molecule has 2 heterocycles. The van der Waals surface area contributed by atoms with Gasteiger partial charge in [0.05, 0.1) is 0 Å². The van der Waals surface area contributed by atoms with Gasteiger partial charge in [-0.05, 0) is 12.8 Å². The third-order valence-electron chi connectivity index (χ3n) is 3.95. The van der Waals surface area contributed by atoms with Gasteiger partial charge in [0, 0.05) is 29.7 Å². The Morgan fingerprint density at radius 2 is 1.86 bits per heavy atom. The van der Waals surface area contributed by atoms with Crippen LogP contribution in [0.2, 0.25) is 0 Å². The van der Waals surface area contributed by atoms with Crippen LogP contribution >= 0.6 is 0 Å². The van der Waals surface area contributed by atoms with Crippen molar-refractivity contribution in [1.82, 2.24) is 10.4 Å². The molecule has 4 nitrogen and oxygen atoms in total. The molecule has 0 aliphatic rings. The van der Waals surface area contributed by atoms with Crippen molar-refractivity contribution >= 4 is 0 Å². The minimum absolute atomic E-state index is 0.484. The van der Waals surface area contributed by atoms with Crippen molar-refractivity contribution in [1.29, 1.82) is 0 Å². The molecule has 0 spiro atoms. The van der Waals surface area contributed by atoms with E-state index >= 15 is 0 Å². The maximum Gasteiger partial charge on any atom is 0.168 e. The third-order valence-corrected chi connectivity index (χ3v) is 3.95. The summed E-state index contributed by atoms with van der Waals surface area (Å²) in [5.74, 6) is 0.484. The smallest absolute Gasteiger partial charge is 0.168 e. The van der Waals surface area contributed by atoms with E-state index in [-0.39, 0.29) is 0 Å². The fourth-order valence-corrected chi connectivity index (χ4v) is 2.71. The van der Waals surface area contributed by atoms with Gasteiger partial charge in [-0.3, -0.25) is 0 Å².